The van der Waals surface area contributed by atoms with Crippen LogP contribution in [0.3, 0.4) is 0 Å². The van der Waals surface area contributed by atoms with Gasteiger partial charge < -0.3 is 23.9 Å². The van der Waals surface area contributed by atoms with Gasteiger partial charge in [0.1, 0.15) is 11.6 Å². The number of carbonyl (C=O) groups excluding carboxylic acids is 1. The van der Waals surface area contributed by atoms with Crippen molar-refractivity contribution in [3.8, 4) is 34.4 Å². The summed E-state index contributed by atoms with van der Waals surface area (Å²) in [5.41, 5.74) is 0.684. The van der Waals surface area contributed by atoms with E-state index in [2.05, 4.69) is 9.97 Å². The molecule has 0 unspecified atom stereocenters. The number of benzene rings is 2. The Balaban J connectivity index is 2.15. The highest BCUT2D eigenvalue weighted by molar-refractivity contribution is 5.82. The van der Waals surface area contributed by atoms with Crippen molar-refractivity contribution in [2.75, 3.05) is 21.3 Å². The van der Waals surface area contributed by atoms with Crippen LogP contribution < -0.4 is 24.5 Å². The molecule has 140 valence electrons. The number of methoxy groups -OCH3 is 3. The lowest BCUT2D eigenvalue weighted by Crippen LogP contribution is -2.10. The van der Waals surface area contributed by atoms with Gasteiger partial charge in [-0.15, -0.1) is 0 Å². The SMILES string of the molecule is COc1cc(-c2nc3ccc(OC(C)=O)cc3c(=O)[nH]2)cc(OC)c1OC. The van der Waals surface area contributed by atoms with E-state index in [0.717, 1.165) is 0 Å². The van der Waals surface area contributed by atoms with Gasteiger partial charge in [0, 0.05) is 12.5 Å². The van der Waals surface area contributed by atoms with Crippen LogP contribution in [0.15, 0.2) is 35.1 Å². The average molecular weight is 370 g/mol. The Morgan fingerprint density at radius 3 is 2.22 bits per heavy atom. The molecule has 1 aromatic heterocycles. The van der Waals surface area contributed by atoms with Crippen molar-refractivity contribution < 1.29 is 23.7 Å². The molecule has 8 nitrogen and oxygen atoms in total. The van der Waals surface area contributed by atoms with E-state index in [4.69, 9.17) is 18.9 Å². The maximum absolute atomic E-state index is 12.5. The van der Waals surface area contributed by atoms with Crippen LogP contribution in [0.5, 0.6) is 23.0 Å². The third kappa shape index (κ3) is 3.55. The summed E-state index contributed by atoms with van der Waals surface area (Å²) in [5, 5.41) is 0.310. The smallest absolute Gasteiger partial charge is 0.308 e. The van der Waals surface area contributed by atoms with Crippen LogP contribution in [-0.2, 0) is 4.79 Å². The molecule has 0 amide bonds. The van der Waals surface area contributed by atoms with Crippen molar-refractivity contribution in [1.29, 1.82) is 0 Å². The zero-order chi connectivity index (χ0) is 19.6. The zero-order valence-electron chi connectivity index (χ0n) is 15.3. The van der Waals surface area contributed by atoms with Gasteiger partial charge in [-0.25, -0.2) is 4.98 Å². The minimum atomic E-state index is -0.465. The third-order valence-corrected chi connectivity index (χ3v) is 3.88. The first-order chi connectivity index (χ1) is 13.0. The summed E-state index contributed by atoms with van der Waals surface area (Å²) in [5.74, 6) is 1.49. The van der Waals surface area contributed by atoms with Crippen LogP contribution in [0.25, 0.3) is 22.3 Å². The van der Waals surface area contributed by atoms with Gasteiger partial charge in [-0.1, -0.05) is 0 Å². The van der Waals surface area contributed by atoms with Gasteiger partial charge in [-0.2, -0.15) is 0 Å². The van der Waals surface area contributed by atoms with E-state index in [9.17, 15) is 9.59 Å². The molecule has 3 aromatic rings. The Morgan fingerprint density at radius 2 is 1.67 bits per heavy atom. The van der Waals surface area contributed by atoms with E-state index in [1.165, 1.54) is 34.3 Å². The Bertz CT molecular complexity index is 1050. The maximum Gasteiger partial charge on any atom is 0.308 e. The molecule has 27 heavy (non-hydrogen) atoms. The summed E-state index contributed by atoms with van der Waals surface area (Å²) in [6.45, 7) is 1.29. The fraction of sp³-hybridized carbons (Fsp3) is 0.211. The van der Waals surface area contributed by atoms with Crippen LogP contribution in [0.2, 0.25) is 0 Å². The Hall–Kier alpha value is -3.55. The van der Waals surface area contributed by atoms with Crippen molar-refractivity contribution in [1.82, 2.24) is 9.97 Å². The van der Waals surface area contributed by atoms with Gasteiger partial charge in [0.15, 0.2) is 11.5 Å². The fourth-order valence-electron chi connectivity index (χ4n) is 2.70. The molecular formula is C19H18N2O6. The molecule has 0 aliphatic rings. The molecule has 0 atom stereocenters. The molecular weight excluding hydrogens is 352 g/mol. The lowest BCUT2D eigenvalue weighted by molar-refractivity contribution is -0.131. The second-order valence-electron chi connectivity index (χ2n) is 5.60. The van der Waals surface area contributed by atoms with Crippen LogP contribution >= 0.6 is 0 Å². The molecule has 1 N–H and O–H groups in total. The molecule has 2 aromatic carbocycles. The molecule has 0 aliphatic carbocycles. The second-order valence-corrected chi connectivity index (χ2v) is 5.60. The number of ether oxygens (including phenoxy) is 4. The third-order valence-electron chi connectivity index (χ3n) is 3.88. The van der Waals surface area contributed by atoms with Gasteiger partial charge in [0.05, 0.1) is 32.2 Å². The average Bonchev–Trinajstić information content (AvgIpc) is 2.66. The fourth-order valence-corrected chi connectivity index (χ4v) is 2.70. The molecule has 0 aliphatic heterocycles. The van der Waals surface area contributed by atoms with Crippen LogP contribution in [0.1, 0.15) is 6.92 Å². The monoisotopic (exact) mass is 370 g/mol. The van der Waals surface area contributed by atoms with Crippen molar-refractivity contribution in [3.63, 3.8) is 0 Å². The minimum absolute atomic E-state index is 0.280. The largest absolute Gasteiger partial charge is 0.493 e. The number of carbonyl (C=O) groups is 1. The second kappa shape index (κ2) is 7.36. The molecule has 3 rings (SSSR count). The molecule has 1 heterocycles. The standard InChI is InChI=1S/C19H18N2O6/c1-10(22)27-12-5-6-14-13(9-12)19(23)21-18(20-14)11-7-15(24-2)17(26-4)16(8-11)25-3/h5-9H,1-4H3,(H,20,21,23). The van der Waals surface area contributed by atoms with E-state index in [0.29, 0.717) is 39.5 Å². The van der Waals surface area contributed by atoms with Crippen molar-refractivity contribution in [3.05, 3.63) is 40.7 Å². The van der Waals surface area contributed by atoms with Crippen LogP contribution in [-0.4, -0.2) is 37.3 Å². The highest BCUT2D eigenvalue weighted by Gasteiger charge is 2.16. The van der Waals surface area contributed by atoms with Gasteiger partial charge in [0.2, 0.25) is 5.75 Å². The van der Waals surface area contributed by atoms with Crippen LogP contribution in [0.4, 0.5) is 0 Å². The van der Waals surface area contributed by atoms with E-state index >= 15 is 0 Å². The summed E-state index contributed by atoms with van der Waals surface area (Å²) < 4.78 is 21.0. The van der Waals surface area contributed by atoms with E-state index < -0.39 is 5.97 Å². The Kier molecular flexibility index (Phi) is 4.98. The first-order valence-electron chi connectivity index (χ1n) is 7.99. The lowest BCUT2D eigenvalue weighted by Gasteiger charge is -2.14. The van der Waals surface area contributed by atoms with E-state index in [1.807, 2.05) is 0 Å². The summed E-state index contributed by atoms with van der Waals surface area (Å²) in [6, 6.07) is 8.05. The molecule has 8 heteroatoms. The van der Waals surface area contributed by atoms with Crippen molar-refractivity contribution in [2.45, 2.75) is 6.92 Å². The summed E-state index contributed by atoms with van der Waals surface area (Å²) in [4.78, 5) is 30.8. The number of hydrogen-bond donors (Lipinski definition) is 1. The maximum atomic E-state index is 12.5. The predicted octanol–water partition coefficient (Wildman–Crippen LogP) is 2.54. The number of aromatic amines is 1. The normalized spacial score (nSPS) is 10.5. The number of aromatic nitrogens is 2. The van der Waals surface area contributed by atoms with Gasteiger partial charge >= 0.3 is 5.97 Å². The molecule has 0 bridgehead atoms. The van der Waals surface area contributed by atoms with Gasteiger partial charge in [0.25, 0.3) is 5.56 Å². The van der Waals surface area contributed by atoms with Gasteiger partial charge in [-0.05, 0) is 30.3 Å². The minimum Gasteiger partial charge on any atom is -0.493 e. The highest BCUT2D eigenvalue weighted by Crippen LogP contribution is 2.40. The quantitative estimate of drug-likeness (QED) is 0.544. The summed E-state index contributed by atoms with van der Waals surface area (Å²) in [7, 11) is 4.53. The number of rotatable bonds is 5. The molecule has 0 saturated heterocycles. The molecule has 0 radical (unpaired) electrons. The first kappa shape index (κ1) is 18.2. The first-order valence-corrected chi connectivity index (χ1v) is 7.99. The summed E-state index contributed by atoms with van der Waals surface area (Å²) in [6.07, 6.45) is 0. The topological polar surface area (TPSA) is 99.7 Å². The van der Waals surface area contributed by atoms with Crippen molar-refractivity contribution >= 4 is 16.9 Å². The lowest BCUT2D eigenvalue weighted by atomic mass is 10.1. The molecule has 0 fully saturated rings. The number of fused-ring (bicyclic) bond motifs is 1. The molecule has 0 saturated carbocycles. The van der Waals surface area contributed by atoms with Crippen molar-refractivity contribution in [2.24, 2.45) is 0 Å². The van der Waals surface area contributed by atoms with E-state index in [1.54, 1.807) is 24.3 Å². The Labute approximate surface area is 154 Å². The number of hydrogen-bond acceptors (Lipinski definition) is 7. The highest BCUT2D eigenvalue weighted by atomic mass is 16.5. The number of H-pyrrole nitrogens is 1. The Morgan fingerprint density at radius 1 is 1.00 bits per heavy atom. The molecule has 0 spiro atoms. The van der Waals surface area contributed by atoms with E-state index in [-0.39, 0.29) is 11.3 Å². The summed E-state index contributed by atoms with van der Waals surface area (Å²) >= 11 is 0. The zero-order valence-corrected chi connectivity index (χ0v) is 15.3. The number of nitrogens with zero attached hydrogens (tertiary/aromatic N) is 1. The number of nitrogens with one attached hydrogen (secondary N) is 1. The van der Waals surface area contributed by atoms with Crippen LogP contribution in [0, 0.1) is 0 Å². The predicted molar refractivity (Wildman–Crippen MR) is 98.8 cm³/mol. The number of esters is 1. The van der Waals surface area contributed by atoms with Gasteiger partial charge in [-0.3, -0.25) is 9.59 Å².